The number of hydrogen-bond acceptors (Lipinski definition) is 3. The van der Waals surface area contributed by atoms with Gasteiger partial charge in [-0.05, 0) is 72.8 Å². The molecule has 2 saturated heterocycles. The van der Waals surface area contributed by atoms with Gasteiger partial charge in [0.1, 0.15) is 5.82 Å². The van der Waals surface area contributed by atoms with Gasteiger partial charge in [-0.15, -0.1) is 0 Å². The molecule has 3 fully saturated rings. The van der Waals surface area contributed by atoms with Crippen molar-refractivity contribution in [3.8, 4) is 0 Å². The molecule has 3 heterocycles. The maximum atomic E-state index is 14.6. The second-order valence-electron chi connectivity index (χ2n) is 11.7. The summed E-state index contributed by atoms with van der Waals surface area (Å²) in [7, 11) is 0. The Hall–Kier alpha value is -1.95. The third-order valence-electron chi connectivity index (χ3n) is 9.66. The van der Waals surface area contributed by atoms with Crippen molar-refractivity contribution in [2.45, 2.75) is 68.7 Å². The molecule has 4 aliphatic rings. The van der Waals surface area contributed by atoms with Gasteiger partial charge in [0.25, 0.3) is 0 Å². The van der Waals surface area contributed by atoms with Gasteiger partial charge in [-0.2, -0.15) is 0 Å². The van der Waals surface area contributed by atoms with Gasteiger partial charge in [0.2, 0.25) is 5.91 Å². The largest absolute Gasteiger partial charge is 0.380 e. The summed E-state index contributed by atoms with van der Waals surface area (Å²) < 4.78 is 20.4. The van der Waals surface area contributed by atoms with Crippen molar-refractivity contribution in [3.05, 3.63) is 70.0 Å². The highest BCUT2D eigenvalue weighted by Gasteiger charge is 2.53. The molecule has 6 heteroatoms. The normalized spacial score (nSPS) is 30.8. The van der Waals surface area contributed by atoms with Crippen molar-refractivity contribution < 1.29 is 13.9 Å². The fourth-order valence-corrected chi connectivity index (χ4v) is 8.27. The highest BCUT2D eigenvalue weighted by atomic mass is 35.5. The first-order valence-corrected chi connectivity index (χ1v) is 14.6. The summed E-state index contributed by atoms with van der Waals surface area (Å²) in [6, 6.07) is 14.1. The Morgan fingerprint density at radius 2 is 1.92 bits per heavy atom. The van der Waals surface area contributed by atoms with E-state index in [2.05, 4.69) is 40.5 Å². The fraction of sp³-hybridized carbons (Fsp3) is 0.581. The first-order valence-electron chi connectivity index (χ1n) is 14.2. The highest BCUT2D eigenvalue weighted by Crippen LogP contribution is 2.46. The molecule has 1 aliphatic carbocycles. The van der Waals surface area contributed by atoms with Crippen LogP contribution in [0.15, 0.2) is 42.5 Å². The van der Waals surface area contributed by atoms with Crippen LogP contribution in [0.25, 0.3) is 0 Å². The smallest absolute Gasteiger partial charge is 0.228 e. The van der Waals surface area contributed by atoms with Crippen LogP contribution in [-0.2, 0) is 21.4 Å². The number of halogens is 2. The number of nitrogens with one attached hydrogen (secondary N) is 1. The van der Waals surface area contributed by atoms with E-state index in [1.807, 2.05) is 0 Å². The zero-order valence-electron chi connectivity index (χ0n) is 21.6. The second-order valence-corrected chi connectivity index (χ2v) is 12.1. The third-order valence-corrected chi connectivity index (χ3v) is 9.95. The van der Waals surface area contributed by atoms with Crippen LogP contribution in [-0.4, -0.2) is 49.7 Å². The average Bonchev–Trinajstić information content (AvgIpc) is 3.25. The van der Waals surface area contributed by atoms with Crippen molar-refractivity contribution in [2.24, 2.45) is 11.8 Å². The van der Waals surface area contributed by atoms with Gasteiger partial charge >= 0.3 is 0 Å². The van der Waals surface area contributed by atoms with Crippen LogP contribution in [0.1, 0.15) is 67.6 Å². The number of ether oxygens (including phenoxy) is 1. The average molecular weight is 525 g/mol. The maximum absolute atomic E-state index is 14.6. The number of carbonyl (C=O) groups is 1. The standard InChI is InChI=1S/C31H38ClFN2O2/c32-27-17-25(33)15-24-12-14-37-20-31(29(24)27)19-34-18-26(31)30(36)35-13-11-23(21-7-3-1-4-8-21)16-28(35)22-9-5-2-6-10-22/h1,3-4,7-8,15,17,22-23,26,28,34H,2,5-6,9-14,16,18-20H2/t23-,26+,28+,31?/m1/s1. The lowest BCUT2D eigenvalue weighted by Crippen LogP contribution is -2.55. The summed E-state index contributed by atoms with van der Waals surface area (Å²) in [5, 5.41) is 3.94. The Morgan fingerprint density at radius 3 is 2.73 bits per heavy atom. The molecule has 0 bridgehead atoms. The first kappa shape index (κ1) is 25.3. The van der Waals surface area contributed by atoms with Crippen molar-refractivity contribution >= 4 is 17.5 Å². The number of carbonyl (C=O) groups excluding carboxylic acids is 1. The molecule has 1 saturated carbocycles. The minimum Gasteiger partial charge on any atom is -0.380 e. The fourth-order valence-electron chi connectivity index (χ4n) is 7.85. The zero-order chi connectivity index (χ0) is 25.4. The van der Waals surface area contributed by atoms with E-state index in [1.165, 1.54) is 43.7 Å². The molecule has 3 aliphatic heterocycles. The van der Waals surface area contributed by atoms with Crippen molar-refractivity contribution in [1.82, 2.24) is 10.2 Å². The maximum Gasteiger partial charge on any atom is 0.228 e. The highest BCUT2D eigenvalue weighted by molar-refractivity contribution is 6.31. The minimum atomic E-state index is -0.568. The number of amides is 1. The molecule has 0 radical (unpaired) electrons. The molecule has 4 nitrogen and oxygen atoms in total. The number of rotatable bonds is 3. The van der Waals surface area contributed by atoms with Crippen LogP contribution < -0.4 is 5.32 Å². The van der Waals surface area contributed by atoms with E-state index in [-0.39, 0.29) is 23.7 Å². The summed E-state index contributed by atoms with van der Waals surface area (Å²) >= 11 is 6.73. The summed E-state index contributed by atoms with van der Waals surface area (Å²) in [6.45, 7) is 2.96. The van der Waals surface area contributed by atoms with E-state index >= 15 is 0 Å². The van der Waals surface area contributed by atoms with Crippen LogP contribution in [0.4, 0.5) is 4.39 Å². The first-order chi connectivity index (χ1) is 18.1. The lowest BCUT2D eigenvalue weighted by atomic mass is 9.69. The van der Waals surface area contributed by atoms with Crippen LogP contribution in [0.5, 0.6) is 0 Å². The molecule has 2 aromatic rings. The molecular weight excluding hydrogens is 487 g/mol. The summed E-state index contributed by atoms with van der Waals surface area (Å²) in [6.07, 6.45) is 8.88. The van der Waals surface area contributed by atoms with E-state index in [1.54, 1.807) is 6.07 Å². The molecule has 4 atom stereocenters. The van der Waals surface area contributed by atoms with E-state index < -0.39 is 5.41 Å². The third kappa shape index (κ3) is 4.72. The molecule has 6 rings (SSSR count). The molecular formula is C31H38ClFN2O2. The minimum absolute atomic E-state index is 0.226. The van der Waals surface area contributed by atoms with E-state index in [0.717, 1.165) is 30.5 Å². The quantitative estimate of drug-likeness (QED) is 0.546. The molecule has 1 amide bonds. The van der Waals surface area contributed by atoms with E-state index in [0.29, 0.717) is 49.6 Å². The Labute approximate surface area is 224 Å². The van der Waals surface area contributed by atoms with Crippen molar-refractivity contribution in [2.75, 3.05) is 32.8 Å². The molecule has 2 aromatic carbocycles. The van der Waals surface area contributed by atoms with Gasteiger partial charge in [-0.25, -0.2) is 4.39 Å². The lowest BCUT2D eigenvalue weighted by molar-refractivity contribution is -0.143. The van der Waals surface area contributed by atoms with Crippen molar-refractivity contribution in [1.29, 1.82) is 0 Å². The Kier molecular flexibility index (Phi) is 7.30. The molecule has 1 N–H and O–H groups in total. The summed E-state index contributed by atoms with van der Waals surface area (Å²) in [5.41, 5.74) is 2.64. The van der Waals surface area contributed by atoms with Crippen LogP contribution >= 0.6 is 11.6 Å². The van der Waals surface area contributed by atoms with Crippen LogP contribution in [0.3, 0.4) is 0 Å². The molecule has 1 unspecified atom stereocenters. The molecule has 0 aromatic heterocycles. The predicted octanol–water partition coefficient (Wildman–Crippen LogP) is 5.86. The molecule has 198 valence electrons. The Morgan fingerprint density at radius 1 is 1.11 bits per heavy atom. The van der Waals surface area contributed by atoms with Crippen LogP contribution in [0, 0.1) is 17.7 Å². The second kappa shape index (κ2) is 10.7. The number of fused-ring (bicyclic) bond motifs is 2. The number of likely N-dealkylation sites (tertiary alicyclic amines) is 1. The van der Waals surface area contributed by atoms with Gasteiger partial charge in [0, 0.05) is 36.1 Å². The Bertz CT molecular complexity index is 1120. The molecule has 37 heavy (non-hydrogen) atoms. The monoisotopic (exact) mass is 524 g/mol. The molecule has 1 spiro atoms. The lowest BCUT2D eigenvalue weighted by Gasteiger charge is -2.47. The zero-order valence-corrected chi connectivity index (χ0v) is 22.3. The summed E-state index contributed by atoms with van der Waals surface area (Å²) in [4.78, 5) is 16.8. The predicted molar refractivity (Wildman–Crippen MR) is 144 cm³/mol. The number of piperidine rings is 1. The van der Waals surface area contributed by atoms with Gasteiger partial charge in [0.15, 0.2) is 0 Å². The number of nitrogens with zero attached hydrogens (tertiary/aromatic N) is 1. The Balaban J connectivity index is 1.33. The summed E-state index contributed by atoms with van der Waals surface area (Å²) in [5.74, 6) is 0.683. The van der Waals surface area contributed by atoms with E-state index in [4.69, 9.17) is 16.3 Å². The van der Waals surface area contributed by atoms with Gasteiger partial charge in [-0.1, -0.05) is 61.2 Å². The van der Waals surface area contributed by atoms with Gasteiger partial charge < -0.3 is 15.0 Å². The SMILES string of the molecule is O=C([C@@H]1CNCC12COCCc1cc(F)cc(Cl)c12)N1CC[C@@H](c2ccccc2)C[C@H]1C1CCCCC1. The number of benzene rings is 2. The topological polar surface area (TPSA) is 41.6 Å². The van der Waals surface area contributed by atoms with E-state index in [9.17, 15) is 9.18 Å². The van der Waals surface area contributed by atoms with Crippen molar-refractivity contribution in [3.63, 3.8) is 0 Å². The number of hydrogen-bond donors (Lipinski definition) is 1. The van der Waals surface area contributed by atoms with Crippen LogP contribution in [0.2, 0.25) is 5.02 Å². The van der Waals surface area contributed by atoms with Gasteiger partial charge in [-0.3, -0.25) is 4.79 Å². The van der Waals surface area contributed by atoms with Gasteiger partial charge in [0.05, 0.1) is 19.1 Å².